The highest BCUT2D eigenvalue weighted by Crippen LogP contribution is 2.29. The van der Waals surface area contributed by atoms with E-state index in [-0.39, 0.29) is 0 Å². The number of hydrogen-bond acceptors (Lipinski definition) is 6. The number of fused-ring (bicyclic) bond motifs is 1. The largest absolute Gasteiger partial charge is 0.488 e. The average Bonchev–Trinajstić information content (AvgIpc) is 2.86. The molecule has 2 fully saturated rings. The number of benzene rings is 2. The number of nitrogens with one attached hydrogen (secondary N) is 1. The molecular weight excluding hydrogens is 398 g/mol. The second-order valence-electron chi connectivity index (χ2n) is 8.86. The third-order valence-corrected chi connectivity index (χ3v) is 6.73. The van der Waals surface area contributed by atoms with Crippen LogP contribution >= 0.6 is 0 Å². The summed E-state index contributed by atoms with van der Waals surface area (Å²) in [7, 11) is 0. The Morgan fingerprint density at radius 2 is 1.75 bits per heavy atom. The van der Waals surface area contributed by atoms with E-state index >= 15 is 0 Å². The van der Waals surface area contributed by atoms with Gasteiger partial charge in [-0.3, -0.25) is 0 Å². The summed E-state index contributed by atoms with van der Waals surface area (Å²) in [5.74, 6) is 1.46. The summed E-state index contributed by atoms with van der Waals surface area (Å²) < 4.78 is 6.35. The van der Waals surface area contributed by atoms with Gasteiger partial charge in [0.2, 0.25) is 5.95 Å². The predicted molar refractivity (Wildman–Crippen MR) is 131 cm³/mol. The topological polar surface area (TPSA) is 53.5 Å². The summed E-state index contributed by atoms with van der Waals surface area (Å²) in [5.41, 5.74) is 3.14. The van der Waals surface area contributed by atoms with Gasteiger partial charge < -0.3 is 19.9 Å². The Hall–Kier alpha value is -2.86. The molecule has 168 valence electrons. The van der Waals surface area contributed by atoms with E-state index in [0.717, 1.165) is 67.9 Å². The molecule has 1 aliphatic heterocycles. The van der Waals surface area contributed by atoms with Gasteiger partial charge in [0.15, 0.2) is 0 Å². The average molecular weight is 432 g/mol. The summed E-state index contributed by atoms with van der Waals surface area (Å²) in [6.07, 6.45) is 8.26. The molecule has 0 spiro atoms. The van der Waals surface area contributed by atoms with E-state index in [1.165, 1.54) is 24.9 Å². The second kappa shape index (κ2) is 9.74. The molecule has 1 saturated heterocycles. The molecule has 5 rings (SSSR count). The molecule has 6 nitrogen and oxygen atoms in total. The van der Waals surface area contributed by atoms with Crippen LogP contribution in [0.5, 0.6) is 5.75 Å². The number of para-hydroxylation sites is 1. The molecule has 0 unspecified atom stereocenters. The van der Waals surface area contributed by atoms with E-state index < -0.39 is 0 Å². The normalized spacial score (nSPS) is 18.1. The molecule has 0 amide bonds. The van der Waals surface area contributed by atoms with Crippen molar-refractivity contribution in [2.75, 3.05) is 42.9 Å². The van der Waals surface area contributed by atoms with Gasteiger partial charge in [-0.1, -0.05) is 25.5 Å². The van der Waals surface area contributed by atoms with Crippen molar-refractivity contribution in [3.05, 3.63) is 48.7 Å². The maximum Gasteiger partial charge on any atom is 0.227 e. The summed E-state index contributed by atoms with van der Waals surface area (Å²) in [5, 5.41) is 4.37. The van der Waals surface area contributed by atoms with Crippen molar-refractivity contribution < 1.29 is 4.74 Å². The van der Waals surface area contributed by atoms with Crippen molar-refractivity contribution in [2.45, 2.75) is 45.1 Å². The molecular formula is C26H33N5O. The Labute approximate surface area is 190 Å². The fourth-order valence-electron chi connectivity index (χ4n) is 4.75. The highest BCUT2D eigenvalue weighted by atomic mass is 16.5. The first-order valence-electron chi connectivity index (χ1n) is 12.1. The van der Waals surface area contributed by atoms with E-state index in [1.807, 2.05) is 24.4 Å². The summed E-state index contributed by atoms with van der Waals surface area (Å²) in [6, 6.07) is 14.7. The van der Waals surface area contributed by atoms with Crippen molar-refractivity contribution in [3.63, 3.8) is 0 Å². The van der Waals surface area contributed by atoms with Crippen LogP contribution < -0.4 is 15.0 Å². The first-order chi connectivity index (χ1) is 15.8. The monoisotopic (exact) mass is 431 g/mol. The lowest BCUT2D eigenvalue weighted by Gasteiger charge is -2.35. The smallest absolute Gasteiger partial charge is 0.227 e. The number of piperazine rings is 1. The highest BCUT2D eigenvalue weighted by molar-refractivity contribution is 5.85. The lowest BCUT2D eigenvalue weighted by atomic mass is 9.98. The van der Waals surface area contributed by atoms with Gasteiger partial charge in [0.05, 0.1) is 6.10 Å². The van der Waals surface area contributed by atoms with Crippen molar-refractivity contribution in [3.8, 4) is 5.75 Å². The van der Waals surface area contributed by atoms with Crippen molar-refractivity contribution in [1.82, 2.24) is 14.9 Å². The fourth-order valence-corrected chi connectivity index (χ4v) is 4.75. The van der Waals surface area contributed by atoms with Crippen molar-refractivity contribution in [2.24, 2.45) is 0 Å². The van der Waals surface area contributed by atoms with Crippen LogP contribution in [0, 0.1) is 0 Å². The summed E-state index contributed by atoms with van der Waals surface area (Å²) in [6.45, 7) is 7.79. The molecule has 0 radical (unpaired) electrons. The van der Waals surface area contributed by atoms with Crippen LogP contribution in [0.15, 0.2) is 48.7 Å². The predicted octanol–water partition coefficient (Wildman–Crippen LogP) is 5.23. The number of aromatic nitrogens is 2. The third-order valence-electron chi connectivity index (χ3n) is 6.73. The first kappa shape index (κ1) is 21.0. The summed E-state index contributed by atoms with van der Waals surface area (Å²) in [4.78, 5) is 14.3. The quantitative estimate of drug-likeness (QED) is 0.577. The van der Waals surface area contributed by atoms with E-state index in [9.17, 15) is 0 Å². The van der Waals surface area contributed by atoms with Gasteiger partial charge in [0.25, 0.3) is 0 Å². The molecule has 3 aromatic rings. The van der Waals surface area contributed by atoms with E-state index in [2.05, 4.69) is 51.3 Å². The van der Waals surface area contributed by atoms with Crippen LogP contribution in [-0.2, 0) is 0 Å². The molecule has 32 heavy (non-hydrogen) atoms. The number of ether oxygens (including phenoxy) is 1. The number of anilines is 3. The Bertz CT molecular complexity index is 1020. The number of nitrogens with zero attached hydrogens (tertiary/aromatic N) is 4. The van der Waals surface area contributed by atoms with Crippen LogP contribution in [0.2, 0.25) is 0 Å². The Balaban J connectivity index is 1.29. The van der Waals surface area contributed by atoms with Gasteiger partial charge in [0, 0.05) is 49.1 Å². The van der Waals surface area contributed by atoms with E-state index in [4.69, 9.17) is 9.72 Å². The number of hydrogen-bond donors (Lipinski definition) is 1. The van der Waals surface area contributed by atoms with Crippen LogP contribution in [0.3, 0.4) is 0 Å². The van der Waals surface area contributed by atoms with E-state index in [0.29, 0.717) is 12.1 Å². The van der Waals surface area contributed by atoms with Gasteiger partial charge in [0.1, 0.15) is 11.3 Å². The van der Waals surface area contributed by atoms with Crippen LogP contribution in [0.4, 0.5) is 17.3 Å². The minimum Gasteiger partial charge on any atom is -0.488 e. The van der Waals surface area contributed by atoms with E-state index in [1.54, 1.807) is 0 Å². The molecule has 6 heteroatoms. The second-order valence-corrected chi connectivity index (χ2v) is 8.86. The molecule has 2 heterocycles. The molecule has 0 atom stereocenters. The third kappa shape index (κ3) is 4.80. The summed E-state index contributed by atoms with van der Waals surface area (Å²) >= 11 is 0. The Kier molecular flexibility index (Phi) is 6.39. The molecule has 1 N–H and O–H groups in total. The molecule has 2 aliphatic rings. The van der Waals surface area contributed by atoms with Gasteiger partial charge in [-0.05, 0) is 62.6 Å². The zero-order valence-electron chi connectivity index (χ0n) is 19.0. The highest BCUT2D eigenvalue weighted by Gasteiger charge is 2.17. The van der Waals surface area contributed by atoms with Gasteiger partial charge in [-0.15, -0.1) is 0 Å². The molecule has 0 bridgehead atoms. The van der Waals surface area contributed by atoms with Crippen LogP contribution in [-0.4, -0.2) is 53.7 Å². The SMILES string of the molecule is CCN1CCN(c2ccc(Nc3ncc4cccc(OC5CCCCC5)c4n3)cc2)CC1. The standard InChI is InChI=1S/C26H33N5O/c1-2-30-15-17-31(18-16-30)22-13-11-21(12-14-22)28-26-27-19-20-7-6-10-24(25(20)29-26)32-23-8-4-3-5-9-23/h6-7,10-14,19,23H,2-5,8-9,15-18H2,1H3,(H,27,28,29). The molecule has 1 aromatic heterocycles. The number of likely N-dealkylation sites (N-methyl/N-ethyl adjacent to an activating group) is 1. The zero-order valence-corrected chi connectivity index (χ0v) is 19.0. The minimum atomic E-state index is 0.299. The van der Waals surface area contributed by atoms with Gasteiger partial charge >= 0.3 is 0 Å². The Morgan fingerprint density at radius 3 is 2.50 bits per heavy atom. The molecule has 1 saturated carbocycles. The lowest BCUT2D eigenvalue weighted by molar-refractivity contribution is 0.157. The molecule has 1 aliphatic carbocycles. The minimum absolute atomic E-state index is 0.299. The zero-order chi connectivity index (χ0) is 21.8. The maximum atomic E-state index is 6.35. The Morgan fingerprint density at radius 1 is 0.969 bits per heavy atom. The lowest BCUT2D eigenvalue weighted by Crippen LogP contribution is -2.46. The first-order valence-corrected chi connectivity index (χ1v) is 12.1. The van der Waals surface area contributed by atoms with Gasteiger partial charge in [-0.25, -0.2) is 9.97 Å². The van der Waals surface area contributed by atoms with Crippen molar-refractivity contribution >= 4 is 28.2 Å². The van der Waals surface area contributed by atoms with Crippen LogP contribution in [0.1, 0.15) is 39.0 Å². The molecule has 2 aromatic carbocycles. The van der Waals surface area contributed by atoms with Gasteiger partial charge in [-0.2, -0.15) is 0 Å². The fraction of sp³-hybridized carbons (Fsp3) is 0.462. The van der Waals surface area contributed by atoms with Crippen molar-refractivity contribution in [1.29, 1.82) is 0 Å². The maximum absolute atomic E-state index is 6.35. The number of rotatable bonds is 6. The van der Waals surface area contributed by atoms with Crippen LogP contribution in [0.25, 0.3) is 10.9 Å².